The number of aromatic nitrogens is 1. The van der Waals surface area contributed by atoms with Crippen molar-refractivity contribution in [1.82, 2.24) is 10.3 Å². The van der Waals surface area contributed by atoms with Crippen molar-refractivity contribution in [1.29, 1.82) is 0 Å². The van der Waals surface area contributed by atoms with Gasteiger partial charge in [-0.25, -0.2) is 0 Å². The van der Waals surface area contributed by atoms with E-state index in [0.717, 1.165) is 36.9 Å². The lowest BCUT2D eigenvalue weighted by Gasteiger charge is -2.30. The number of alkyl halides is 2. The molecule has 0 spiro atoms. The predicted molar refractivity (Wildman–Crippen MR) is 101 cm³/mol. The third kappa shape index (κ3) is 4.40. The molecule has 0 saturated heterocycles. The lowest BCUT2D eigenvalue weighted by molar-refractivity contribution is -0.0512. The number of hydrogen-bond acceptors (Lipinski definition) is 4. The molecule has 5 nitrogen and oxygen atoms in total. The number of carbonyl (C=O) groups is 1. The summed E-state index contributed by atoms with van der Waals surface area (Å²) in [5, 5.41) is 3.01. The number of halogens is 2. The van der Waals surface area contributed by atoms with Crippen LogP contribution in [0.15, 0.2) is 36.5 Å². The Balaban J connectivity index is 1.80. The summed E-state index contributed by atoms with van der Waals surface area (Å²) in [6, 6.07) is 8.57. The molecule has 1 heterocycles. The molecule has 1 fully saturated rings. The summed E-state index contributed by atoms with van der Waals surface area (Å²) < 4.78 is 34.9. The van der Waals surface area contributed by atoms with E-state index in [9.17, 15) is 13.6 Å². The number of amides is 1. The van der Waals surface area contributed by atoms with Gasteiger partial charge in [0.05, 0.1) is 12.7 Å². The molecule has 0 atom stereocenters. The third-order valence-electron chi connectivity index (χ3n) is 5.31. The van der Waals surface area contributed by atoms with Crippen molar-refractivity contribution >= 4 is 5.91 Å². The number of hydrogen-bond donors (Lipinski definition) is 1. The van der Waals surface area contributed by atoms with Crippen LogP contribution >= 0.6 is 0 Å². The lowest BCUT2D eigenvalue weighted by atomic mass is 9.78. The fraction of sp³-hybridized carbons (Fsp3) is 0.429. The molecular formula is C21H24F2N2O3. The number of carbonyl (C=O) groups excluding carboxylic acids is 1. The van der Waals surface area contributed by atoms with Crippen molar-refractivity contribution in [3.8, 4) is 11.5 Å². The molecule has 1 aliphatic carbocycles. The molecule has 7 heteroatoms. The van der Waals surface area contributed by atoms with Gasteiger partial charge in [0.2, 0.25) is 0 Å². The normalized spacial score (nSPS) is 15.5. The van der Waals surface area contributed by atoms with Crippen LogP contribution < -0.4 is 14.8 Å². The van der Waals surface area contributed by atoms with Gasteiger partial charge in [0.1, 0.15) is 0 Å². The molecule has 1 aliphatic rings. The highest BCUT2D eigenvalue weighted by molar-refractivity contribution is 5.93. The minimum absolute atomic E-state index is 0.00385. The molecule has 150 valence electrons. The van der Waals surface area contributed by atoms with Crippen molar-refractivity contribution in [2.45, 2.75) is 44.6 Å². The van der Waals surface area contributed by atoms with Crippen LogP contribution in [0, 0.1) is 6.92 Å². The van der Waals surface area contributed by atoms with Gasteiger partial charge in [-0.2, -0.15) is 8.78 Å². The van der Waals surface area contributed by atoms with E-state index in [0.29, 0.717) is 12.1 Å². The summed E-state index contributed by atoms with van der Waals surface area (Å²) in [6.45, 7) is -0.593. The maximum absolute atomic E-state index is 12.6. The fourth-order valence-corrected chi connectivity index (χ4v) is 3.76. The molecule has 0 aliphatic heterocycles. The molecule has 0 bridgehead atoms. The Kier molecular flexibility index (Phi) is 6.11. The first-order valence-corrected chi connectivity index (χ1v) is 9.28. The SMILES string of the molecule is COc1cc(C2(CNC(=O)c3ccc(C)nc3)CCCC2)ccc1OC(F)F. The fourth-order valence-electron chi connectivity index (χ4n) is 3.76. The highest BCUT2D eigenvalue weighted by atomic mass is 19.3. The molecule has 3 rings (SSSR count). The second-order valence-electron chi connectivity index (χ2n) is 7.10. The summed E-state index contributed by atoms with van der Waals surface area (Å²) in [6.07, 6.45) is 5.44. The van der Waals surface area contributed by atoms with E-state index < -0.39 is 6.61 Å². The molecule has 1 N–H and O–H groups in total. The van der Waals surface area contributed by atoms with Crippen molar-refractivity contribution in [2.24, 2.45) is 0 Å². The quantitative estimate of drug-likeness (QED) is 0.768. The van der Waals surface area contributed by atoms with Gasteiger partial charge in [-0.05, 0) is 49.6 Å². The van der Waals surface area contributed by atoms with Crippen LogP contribution in [-0.2, 0) is 5.41 Å². The Hall–Kier alpha value is -2.70. The summed E-state index contributed by atoms with van der Waals surface area (Å²) in [5.74, 6) is 0.0886. The minimum Gasteiger partial charge on any atom is -0.493 e. The number of nitrogens with one attached hydrogen (secondary N) is 1. The molecule has 28 heavy (non-hydrogen) atoms. The summed E-state index contributed by atoms with van der Waals surface area (Å²) >= 11 is 0. The Labute approximate surface area is 163 Å². The maximum atomic E-state index is 12.6. The van der Waals surface area contributed by atoms with E-state index in [2.05, 4.69) is 15.0 Å². The maximum Gasteiger partial charge on any atom is 0.387 e. The average molecular weight is 390 g/mol. The van der Waals surface area contributed by atoms with E-state index in [4.69, 9.17) is 4.74 Å². The van der Waals surface area contributed by atoms with Crippen molar-refractivity contribution in [3.63, 3.8) is 0 Å². The van der Waals surface area contributed by atoms with Gasteiger partial charge in [-0.15, -0.1) is 0 Å². The van der Waals surface area contributed by atoms with Crippen LogP contribution in [0.5, 0.6) is 11.5 Å². The number of nitrogens with zero attached hydrogens (tertiary/aromatic N) is 1. The number of methoxy groups -OCH3 is 1. The van der Waals surface area contributed by atoms with Gasteiger partial charge in [-0.1, -0.05) is 18.9 Å². The zero-order valence-corrected chi connectivity index (χ0v) is 16.0. The highest BCUT2D eigenvalue weighted by Crippen LogP contribution is 2.43. The first-order valence-electron chi connectivity index (χ1n) is 9.28. The molecule has 2 aromatic rings. The lowest BCUT2D eigenvalue weighted by Crippen LogP contribution is -2.39. The van der Waals surface area contributed by atoms with Crippen LogP contribution in [0.2, 0.25) is 0 Å². The average Bonchev–Trinajstić information content (AvgIpc) is 3.16. The zero-order chi connectivity index (χ0) is 20.1. The summed E-state index contributed by atoms with van der Waals surface area (Å²) in [5.41, 5.74) is 2.05. The second kappa shape index (κ2) is 8.54. The van der Waals surface area contributed by atoms with Gasteiger partial charge in [0.15, 0.2) is 11.5 Å². The Morgan fingerprint density at radius 3 is 2.57 bits per heavy atom. The molecule has 1 aromatic carbocycles. The van der Waals surface area contributed by atoms with Crippen molar-refractivity contribution in [2.75, 3.05) is 13.7 Å². The standard InChI is InChI=1S/C21H24F2N2O3/c1-14-5-6-15(12-24-14)19(26)25-13-21(9-3-4-10-21)16-7-8-17(28-20(22)23)18(11-16)27-2/h5-8,11-12,20H,3-4,9-10,13H2,1-2H3,(H,25,26). The van der Waals surface area contributed by atoms with Gasteiger partial charge in [0, 0.05) is 23.9 Å². The van der Waals surface area contributed by atoms with E-state index in [-0.39, 0.29) is 22.8 Å². The monoisotopic (exact) mass is 390 g/mol. The van der Waals surface area contributed by atoms with Gasteiger partial charge >= 0.3 is 6.61 Å². The van der Waals surface area contributed by atoms with Crippen LogP contribution in [0.1, 0.15) is 47.3 Å². The number of pyridine rings is 1. The highest BCUT2D eigenvalue weighted by Gasteiger charge is 2.36. The first kappa shape index (κ1) is 20.0. The second-order valence-corrected chi connectivity index (χ2v) is 7.10. The Bertz CT molecular complexity index is 819. The van der Waals surface area contributed by atoms with E-state index >= 15 is 0 Å². The number of benzene rings is 1. The molecule has 1 saturated carbocycles. The van der Waals surface area contributed by atoms with Crippen LogP contribution in [0.3, 0.4) is 0 Å². The third-order valence-corrected chi connectivity index (χ3v) is 5.31. The number of aryl methyl sites for hydroxylation is 1. The molecule has 1 amide bonds. The van der Waals surface area contributed by atoms with Gasteiger partial charge in [0.25, 0.3) is 5.91 Å². The molecule has 1 aromatic heterocycles. The predicted octanol–water partition coefficient (Wildman–Crippen LogP) is 4.24. The largest absolute Gasteiger partial charge is 0.493 e. The van der Waals surface area contributed by atoms with Gasteiger partial charge < -0.3 is 14.8 Å². The smallest absolute Gasteiger partial charge is 0.387 e. The van der Waals surface area contributed by atoms with E-state index in [1.165, 1.54) is 13.2 Å². The molecule has 0 radical (unpaired) electrons. The van der Waals surface area contributed by atoms with E-state index in [1.54, 1.807) is 30.5 Å². The first-order chi connectivity index (χ1) is 13.4. The van der Waals surface area contributed by atoms with Crippen molar-refractivity contribution < 1.29 is 23.0 Å². The van der Waals surface area contributed by atoms with Crippen LogP contribution in [-0.4, -0.2) is 31.2 Å². The topological polar surface area (TPSA) is 60.5 Å². The minimum atomic E-state index is -2.91. The van der Waals surface area contributed by atoms with Crippen LogP contribution in [0.4, 0.5) is 8.78 Å². The molecular weight excluding hydrogens is 366 g/mol. The van der Waals surface area contributed by atoms with E-state index in [1.807, 2.05) is 6.92 Å². The number of rotatable bonds is 7. The van der Waals surface area contributed by atoms with Crippen LogP contribution in [0.25, 0.3) is 0 Å². The van der Waals surface area contributed by atoms with Gasteiger partial charge in [-0.3, -0.25) is 9.78 Å². The number of ether oxygens (including phenoxy) is 2. The molecule has 0 unspecified atom stereocenters. The Morgan fingerprint density at radius 2 is 1.96 bits per heavy atom. The summed E-state index contributed by atoms with van der Waals surface area (Å²) in [7, 11) is 1.42. The Morgan fingerprint density at radius 1 is 1.21 bits per heavy atom. The zero-order valence-electron chi connectivity index (χ0n) is 16.0. The van der Waals surface area contributed by atoms with Crippen molar-refractivity contribution in [3.05, 3.63) is 53.3 Å². The summed E-state index contributed by atoms with van der Waals surface area (Å²) in [4.78, 5) is 16.7.